The maximum absolute atomic E-state index is 12.8. The van der Waals surface area contributed by atoms with E-state index >= 15 is 0 Å². The van der Waals surface area contributed by atoms with E-state index in [-0.39, 0.29) is 17.1 Å². The van der Waals surface area contributed by atoms with Crippen molar-refractivity contribution >= 4 is 11.6 Å². The number of alkyl halides is 3. The van der Waals surface area contributed by atoms with E-state index < -0.39 is 11.7 Å². The first-order chi connectivity index (χ1) is 9.41. The predicted octanol–water partition coefficient (Wildman–Crippen LogP) is 5.02. The van der Waals surface area contributed by atoms with Gasteiger partial charge in [0, 0.05) is 5.02 Å². The Labute approximate surface area is 118 Å². The molecule has 0 bridgehead atoms. The molecule has 0 amide bonds. The molecular weight excluding hydrogens is 291 g/mol. The number of benzene rings is 2. The van der Waals surface area contributed by atoms with Crippen LogP contribution in [0.4, 0.5) is 13.2 Å². The van der Waals surface area contributed by atoms with Crippen molar-refractivity contribution in [2.75, 3.05) is 0 Å². The van der Waals surface area contributed by atoms with Crippen molar-refractivity contribution in [3.63, 3.8) is 0 Å². The summed E-state index contributed by atoms with van der Waals surface area (Å²) < 4.78 is 43.7. The highest BCUT2D eigenvalue weighted by Gasteiger charge is 2.34. The minimum absolute atomic E-state index is 0.0219. The van der Waals surface area contributed by atoms with Crippen molar-refractivity contribution in [1.82, 2.24) is 0 Å². The Kier molecular flexibility index (Phi) is 3.86. The largest absolute Gasteiger partial charge is 0.455 e. The molecule has 0 atom stereocenters. The fourth-order valence-corrected chi connectivity index (χ4v) is 1.76. The van der Waals surface area contributed by atoms with Gasteiger partial charge in [0.2, 0.25) is 0 Å². The first-order valence-electron chi connectivity index (χ1n) is 5.45. The first kappa shape index (κ1) is 14.2. The summed E-state index contributed by atoms with van der Waals surface area (Å²) in [5.74, 6) is -0.340. The van der Waals surface area contributed by atoms with Gasteiger partial charge in [-0.25, -0.2) is 0 Å². The van der Waals surface area contributed by atoms with Crippen LogP contribution < -0.4 is 4.74 Å². The molecule has 0 aliphatic rings. The van der Waals surface area contributed by atoms with Crippen LogP contribution in [0.2, 0.25) is 5.02 Å². The number of nitrogens with zero attached hydrogens (tertiary/aromatic N) is 1. The Balaban J connectivity index is 2.44. The molecule has 0 aliphatic carbocycles. The maximum atomic E-state index is 12.8. The lowest BCUT2D eigenvalue weighted by Crippen LogP contribution is -2.07. The van der Waals surface area contributed by atoms with Gasteiger partial charge in [-0.1, -0.05) is 23.7 Å². The molecule has 0 fully saturated rings. The van der Waals surface area contributed by atoms with Crippen molar-refractivity contribution in [3.8, 4) is 17.6 Å². The SMILES string of the molecule is N#Cc1cc(Cl)ccc1Oc1ccccc1C(F)(F)F. The number of hydrogen-bond acceptors (Lipinski definition) is 2. The van der Waals surface area contributed by atoms with E-state index in [1.807, 2.05) is 6.07 Å². The van der Waals surface area contributed by atoms with Gasteiger partial charge in [-0.15, -0.1) is 0 Å². The van der Waals surface area contributed by atoms with Gasteiger partial charge in [0.15, 0.2) is 0 Å². The molecule has 0 spiro atoms. The molecule has 0 N–H and O–H groups in total. The Morgan fingerprint density at radius 2 is 1.75 bits per heavy atom. The summed E-state index contributed by atoms with van der Waals surface area (Å²) in [5.41, 5.74) is -0.840. The maximum Gasteiger partial charge on any atom is 0.419 e. The van der Waals surface area contributed by atoms with E-state index in [0.29, 0.717) is 5.02 Å². The highest BCUT2D eigenvalue weighted by Crippen LogP contribution is 2.38. The summed E-state index contributed by atoms with van der Waals surface area (Å²) in [7, 11) is 0. The molecule has 0 aliphatic heterocycles. The van der Waals surface area contributed by atoms with Crippen molar-refractivity contribution in [2.24, 2.45) is 0 Å². The second-order valence-electron chi connectivity index (χ2n) is 3.85. The Morgan fingerprint density at radius 1 is 1.05 bits per heavy atom. The lowest BCUT2D eigenvalue weighted by atomic mass is 10.2. The van der Waals surface area contributed by atoms with E-state index in [1.165, 1.54) is 36.4 Å². The van der Waals surface area contributed by atoms with Gasteiger partial charge < -0.3 is 4.74 Å². The number of para-hydroxylation sites is 1. The normalized spacial score (nSPS) is 10.9. The number of rotatable bonds is 2. The van der Waals surface area contributed by atoms with E-state index in [1.54, 1.807) is 0 Å². The molecule has 0 unspecified atom stereocenters. The monoisotopic (exact) mass is 297 g/mol. The molecule has 0 heterocycles. The number of ether oxygens (including phenoxy) is 1. The van der Waals surface area contributed by atoms with Gasteiger partial charge in [-0.2, -0.15) is 18.4 Å². The number of halogens is 4. The van der Waals surface area contributed by atoms with Crippen molar-refractivity contribution < 1.29 is 17.9 Å². The zero-order valence-electron chi connectivity index (χ0n) is 9.91. The molecule has 0 saturated heterocycles. The third-order valence-electron chi connectivity index (χ3n) is 2.47. The molecule has 2 aromatic carbocycles. The van der Waals surface area contributed by atoms with Gasteiger partial charge >= 0.3 is 6.18 Å². The highest BCUT2D eigenvalue weighted by atomic mass is 35.5. The van der Waals surface area contributed by atoms with Gasteiger partial charge in [-0.3, -0.25) is 0 Å². The molecular formula is C14H7ClF3NO. The minimum Gasteiger partial charge on any atom is -0.455 e. The zero-order valence-corrected chi connectivity index (χ0v) is 10.7. The third kappa shape index (κ3) is 3.03. The van der Waals surface area contributed by atoms with E-state index in [0.717, 1.165) is 6.07 Å². The third-order valence-corrected chi connectivity index (χ3v) is 2.71. The quantitative estimate of drug-likeness (QED) is 0.779. The summed E-state index contributed by atoms with van der Waals surface area (Å²) in [6.45, 7) is 0. The van der Waals surface area contributed by atoms with Crippen LogP contribution in [0.1, 0.15) is 11.1 Å². The first-order valence-corrected chi connectivity index (χ1v) is 5.83. The van der Waals surface area contributed by atoms with Crippen LogP contribution in [-0.2, 0) is 6.18 Å². The Hall–Kier alpha value is -2.19. The second-order valence-corrected chi connectivity index (χ2v) is 4.28. The topological polar surface area (TPSA) is 33.0 Å². The average Bonchev–Trinajstić information content (AvgIpc) is 2.40. The molecule has 0 aromatic heterocycles. The molecule has 20 heavy (non-hydrogen) atoms. The lowest BCUT2D eigenvalue weighted by molar-refractivity contribution is -0.138. The van der Waals surface area contributed by atoms with E-state index in [9.17, 15) is 13.2 Å². The summed E-state index contributed by atoms with van der Waals surface area (Å²) >= 11 is 5.72. The predicted molar refractivity (Wildman–Crippen MR) is 67.7 cm³/mol. The van der Waals surface area contributed by atoms with Crippen LogP contribution in [0.25, 0.3) is 0 Å². The van der Waals surface area contributed by atoms with Crippen LogP contribution in [0, 0.1) is 11.3 Å². The van der Waals surface area contributed by atoms with E-state index in [4.69, 9.17) is 21.6 Å². The molecule has 2 nitrogen and oxygen atoms in total. The fraction of sp³-hybridized carbons (Fsp3) is 0.0714. The molecule has 102 valence electrons. The van der Waals surface area contributed by atoms with Gasteiger partial charge in [0.1, 0.15) is 17.6 Å². The summed E-state index contributed by atoms with van der Waals surface area (Å²) in [6.07, 6.45) is -4.53. The van der Waals surface area contributed by atoms with Crippen LogP contribution in [-0.4, -0.2) is 0 Å². The Morgan fingerprint density at radius 3 is 2.40 bits per heavy atom. The lowest BCUT2D eigenvalue weighted by Gasteiger charge is -2.14. The minimum atomic E-state index is -4.53. The zero-order chi connectivity index (χ0) is 14.8. The van der Waals surface area contributed by atoms with Gasteiger partial charge in [0.05, 0.1) is 11.1 Å². The summed E-state index contributed by atoms with van der Waals surface area (Å²) in [5, 5.41) is 9.24. The number of hydrogen-bond donors (Lipinski definition) is 0. The van der Waals surface area contributed by atoms with Crippen molar-refractivity contribution in [2.45, 2.75) is 6.18 Å². The van der Waals surface area contributed by atoms with Gasteiger partial charge in [-0.05, 0) is 30.3 Å². The van der Waals surface area contributed by atoms with Crippen molar-refractivity contribution in [1.29, 1.82) is 5.26 Å². The highest BCUT2D eigenvalue weighted by molar-refractivity contribution is 6.30. The molecule has 2 rings (SSSR count). The fourth-order valence-electron chi connectivity index (χ4n) is 1.59. The van der Waals surface area contributed by atoms with Crippen LogP contribution in [0.15, 0.2) is 42.5 Å². The van der Waals surface area contributed by atoms with Crippen LogP contribution in [0.3, 0.4) is 0 Å². The standard InChI is InChI=1S/C14H7ClF3NO/c15-10-5-6-12(9(7-10)8-19)20-13-4-2-1-3-11(13)14(16,17)18/h1-7H. The molecule has 0 radical (unpaired) electrons. The van der Waals surface area contributed by atoms with Crippen molar-refractivity contribution in [3.05, 3.63) is 58.6 Å². The second kappa shape index (κ2) is 5.43. The van der Waals surface area contributed by atoms with Crippen LogP contribution >= 0.6 is 11.6 Å². The Bertz CT molecular complexity index is 677. The smallest absolute Gasteiger partial charge is 0.419 e. The number of nitriles is 1. The van der Waals surface area contributed by atoms with Crippen LogP contribution in [0.5, 0.6) is 11.5 Å². The molecule has 0 saturated carbocycles. The average molecular weight is 298 g/mol. The van der Waals surface area contributed by atoms with E-state index in [2.05, 4.69) is 0 Å². The van der Waals surface area contributed by atoms with Gasteiger partial charge in [0.25, 0.3) is 0 Å². The summed E-state index contributed by atoms with van der Waals surface area (Å²) in [4.78, 5) is 0. The molecule has 6 heteroatoms. The molecule has 2 aromatic rings. The summed E-state index contributed by atoms with van der Waals surface area (Å²) in [6, 6.07) is 10.7.